The van der Waals surface area contributed by atoms with Gasteiger partial charge in [-0.3, -0.25) is 0 Å². The number of nitrogens with one attached hydrogen (secondary N) is 1. The molecule has 1 aromatic rings. The lowest BCUT2D eigenvalue weighted by Gasteiger charge is -2.27. The predicted molar refractivity (Wildman–Crippen MR) is 85.5 cm³/mol. The normalized spacial score (nSPS) is 19.8. The van der Waals surface area contributed by atoms with Crippen LogP contribution in [-0.4, -0.2) is 35.2 Å². The Balaban J connectivity index is 2.16. The van der Waals surface area contributed by atoms with Gasteiger partial charge in [-0.15, -0.1) is 0 Å². The number of ether oxygens (including phenoxy) is 2. The van der Waals surface area contributed by atoms with E-state index in [0.717, 1.165) is 19.4 Å². The summed E-state index contributed by atoms with van der Waals surface area (Å²) in [6, 6.07) is 1.45. The first-order chi connectivity index (χ1) is 10.3. The molecule has 122 valence electrons. The highest BCUT2D eigenvalue weighted by Crippen LogP contribution is 2.26. The largest absolute Gasteiger partial charge is 0.475 e. The molecular formula is C15H20Cl2N2O3. The summed E-state index contributed by atoms with van der Waals surface area (Å²) in [5.74, 6) is -0.0167. The average Bonchev–Trinajstić information content (AvgIpc) is 2.91. The van der Waals surface area contributed by atoms with Gasteiger partial charge in [0.25, 0.3) is 0 Å². The zero-order valence-corrected chi connectivity index (χ0v) is 14.4. The molecule has 22 heavy (non-hydrogen) atoms. The third kappa shape index (κ3) is 4.73. The van der Waals surface area contributed by atoms with Crippen LogP contribution in [0.4, 0.5) is 0 Å². The summed E-state index contributed by atoms with van der Waals surface area (Å²) < 4.78 is 11.3. The van der Waals surface area contributed by atoms with E-state index in [2.05, 4.69) is 10.3 Å². The first-order valence-electron chi connectivity index (χ1n) is 7.20. The van der Waals surface area contributed by atoms with Crippen molar-refractivity contribution >= 4 is 29.2 Å². The maximum absolute atomic E-state index is 12.4. The van der Waals surface area contributed by atoms with E-state index in [0.29, 0.717) is 5.75 Å². The fourth-order valence-corrected chi connectivity index (χ4v) is 2.50. The van der Waals surface area contributed by atoms with Gasteiger partial charge >= 0.3 is 5.97 Å². The molecule has 0 aliphatic carbocycles. The van der Waals surface area contributed by atoms with Gasteiger partial charge in [-0.2, -0.15) is 0 Å². The van der Waals surface area contributed by atoms with Crippen molar-refractivity contribution in [2.75, 3.05) is 6.54 Å². The maximum atomic E-state index is 12.4. The van der Waals surface area contributed by atoms with E-state index in [1.54, 1.807) is 6.07 Å². The van der Waals surface area contributed by atoms with Crippen LogP contribution >= 0.6 is 23.2 Å². The SMILES string of the molecule is CC(C)(C)OC(=O)C(Oc1cnc(Cl)c(Cl)c1)[C@H]1CCCN1. The first kappa shape index (κ1) is 17.3. The van der Waals surface area contributed by atoms with Gasteiger partial charge in [-0.1, -0.05) is 23.2 Å². The molecule has 0 bridgehead atoms. The quantitative estimate of drug-likeness (QED) is 0.669. The molecule has 0 amide bonds. The van der Waals surface area contributed by atoms with Gasteiger partial charge in [0.15, 0.2) is 0 Å². The molecule has 5 nitrogen and oxygen atoms in total. The second-order valence-electron chi connectivity index (χ2n) is 6.22. The summed E-state index contributed by atoms with van der Waals surface area (Å²) in [7, 11) is 0. The lowest BCUT2D eigenvalue weighted by atomic mass is 10.1. The highest BCUT2D eigenvalue weighted by molar-refractivity contribution is 6.41. The standard InChI is InChI=1S/C15H20Cl2N2O3/c1-15(2,3)22-14(20)12(11-5-4-6-18-11)21-9-7-10(16)13(17)19-8-9/h7-8,11-12,18H,4-6H2,1-3H3/t11-,12?/m1/s1. The van der Waals surface area contributed by atoms with Crippen LogP contribution in [0.1, 0.15) is 33.6 Å². The fraction of sp³-hybridized carbons (Fsp3) is 0.600. The topological polar surface area (TPSA) is 60.5 Å². The van der Waals surface area contributed by atoms with Crippen LogP contribution in [0.2, 0.25) is 10.2 Å². The second kappa shape index (κ2) is 7.02. The Hall–Kier alpha value is -1.04. The van der Waals surface area contributed by atoms with Crippen LogP contribution in [-0.2, 0) is 9.53 Å². The van der Waals surface area contributed by atoms with Crippen molar-refractivity contribution in [3.8, 4) is 5.75 Å². The summed E-state index contributed by atoms with van der Waals surface area (Å²) in [6.07, 6.45) is 2.53. The van der Waals surface area contributed by atoms with Gasteiger partial charge in [0.2, 0.25) is 6.10 Å². The summed E-state index contributed by atoms with van der Waals surface area (Å²) in [6.45, 7) is 6.33. The highest BCUT2D eigenvalue weighted by Gasteiger charge is 2.35. The molecule has 1 aromatic heterocycles. The fourth-order valence-electron chi connectivity index (χ4n) is 2.24. The molecule has 0 spiro atoms. The minimum absolute atomic E-state index is 0.0932. The van der Waals surface area contributed by atoms with E-state index in [-0.39, 0.29) is 16.2 Å². The van der Waals surface area contributed by atoms with Crippen molar-refractivity contribution in [1.82, 2.24) is 10.3 Å². The van der Waals surface area contributed by atoms with Gasteiger partial charge in [0.05, 0.1) is 17.3 Å². The van der Waals surface area contributed by atoms with E-state index in [1.165, 1.54) is 6.20 Å². The Morgan fingerprint density at radius 1 is 1.45 bits per heavy atom. The lowest BCUT2D eigenvalue weighted by Crippen LogP contribution is -2.47. The van der Waals surface area contributed by atoms with Crippen molar-refractivity contribution in [2.45, 2.75) is 51.4 Å². The molecule has 1 fully saturated rings. The number of esters is 1. The number of hydrogen-bond donors (Lipinski definition) is 1. The van der Waals surface area contributed by atoms with Gasteiger partial charge < -0.3 is 14.8 Å². The zero-order chi connectivity index (χ0) is 16.3. The molecule has 2 atom stereocenters. The molecule has 1 unspecified atom stereocenters. The molecule has 1 aliphatic rings. The highest BCUT2D eigenvalue weighted by atomic mass is 35.5. The third-order valence-electron chi connectivity index (χ3n) is 3.14. The number of pyridine rings is 1. The Morgan fingerprint density at radius 3 is 2.73 bits per heavy atom. The lowest BCUT2D eigenvalue weighted by molar-refractivity contribution is -0.164. The number of nitrogens with zero attached hydrogens (tertiary/aromatic N) is 1. The van der Waals surface area contributed by atoms with E-state index in [9.17, 15) is 4.79 Å². The summed E-state index contributed by atoms with van der Waals surface area (Å²) >= 11 is 11.7. The number of halogens is 2. The Morgan fingerprint density at radius 2 is 2.18 bits per heavy atom. The van der Waals surface area contributed by atoms with E-state index < -0.39 is 17.7 Å². The van der Waals surface area contributed by atoms with Gasteiger partial charge in [-0.25, -0.2) is 9.78 Å². The Bertz CT molecular complexity index is 540. The Labute approximate surface area is 140 Å². The third-order valence-corrected chi connectivity index (χ3v) is 3.82. The van der Waals surface area contributed by atoms with Crippen LogP contribution in [0.5, 0.6) is 5.75 Å². The second-order valence-corrected chi connectivity index (χ2v) is 6.98. The van der Waals surface area contributed by atoms with Crippen LogP contribution < -0.4 is 10.1 Å². The van der Waals surface area contributed by atoms with Crippen LogP contribution in [0.3, 0.4) is 0 Å². The average molecular weight is 347 g/mol. The summed E-state index contributed by atoms with van der Waals surface area (Å²) in [5, 5.41) is 3.74. The number of carbonyl (C=O) groups is 1. The monoisotopic (exact) mass is 346 g/mol. The first-order valence-corrected chi connectivity index (χ1v) is 7.96. The molecule has 2 rings (SSSR count). The number of rotatable bonds is 4. The van der Waals surface area contributed by atoms with E-state index in [1.807, 2.05) is 20.8 Å². The molecule has 2 heterocycles. The van der Waals surface area contributed by atoms with Crippen molar-refractivity contribution in [2.24, 2.45) is 0 Å². The van der Waals surface area contributed by atoms with Gasteiger partial charge in [0, 0.05) is 6.07 Å². The van der Waals surface area contributed by atoms with Crippen molar-refractivity contribution < 1.29 is 14.3 Å². The molecule has 1 N–H and O–H groups in total. The summed E-state index contributed by atoms with van der Waals surface area (Å²) in [5.41, 5.74) is -0.576. The molecule has 1 aliphatic heterocycles. The zero-order valence-electron chi connectivity index (χ0n) is 12.9. The van der Waals surface area contributed by atoms with Crippen LogP contribution in [0.15, 0.2) is 12.3 Å². The number of hydrogen-bond acceptors (Lipinski definition) is 5. The minimum atomic E-state index is -0.749. The minimum Gasteiger partial charge on any atom is -0.475 e. The van der Waals surface area contributed by atoms with Crippen LogP contribution in [0, 0.1) is 0 Å². The molecule has 7 heteroatoms. The molecule has 0 radical (unpaired) electrons. The van der Waals surface area contributed by atoms with Crippen molar-refractivity contribution in [3.05, 3.63) is 22.4 Å². The smallest absolute Gasteiger partial charge is 0.349 e. The molecule has 1 saturated heterocycles. The van der Waals surface area contributed by atoms with E-state index >= 15 is 0 Å². The maximum Gasteiger partial charge on any atom is 0.349 e. The van der Waals surface area contributed by atoms with Crippen molar-refractivity contribution in [1.29, 1.82) is 0 Å². The Kier molecular flexibility index (Phi) is 5.53. The van der Waals surface area contributed by atoms with Gasteiger partial charge in [0.1, 0.15) is 16.5 Å². The van der Waals surface area contributed by atoms with Gasteiger partial charge in [-0.05, 0) is 40.2 Å². The number of carbonyl (C=O) groups excluding carboxylic acids is 1. The molecule has 0 saturated carbocycles. The van der Waals surface area contributed by atoms with Crippen molar-refractivity contribution in [3.63, 3.8) is 0 Å². The van der Waals surface area contributed by atoms with E-state index in [4.69, 9.17) is 32.7 Å². The summed E-state index contributed by atoms with van der Waals surface area (Å²) in [4.78, 5) is 16.4. The molecule has 0 aromatic carbocycles. The number of aromatic nitrogens is 1. The molecular weight excluding hydrogens is 327 g/mol. The van der Waals surface area contributed by atoms with Crippen LogP contribution in [0.25, 0.3) is 0 Å². The predicted octanol–water partition coefficient (Wildman–Crippen LogP) is 3.23.